The Hall–Kier alpha value is -1.20. The van der Waals surface area contributed by atoms with Gasteiger partial charge in [-0.05, 0) is 24.0 Å². The van der Waals surface area contributed by atoms with Gasteiger partial charge in [-0.1, -0.05) is 43.3 Å². The molecule has 0 aliphatic carbocycles. The van der Waals surface area contributed by atoms with Crippen LogP contribution < -0.4 is 0 Å². The first-order valence-electron chi connectivity index (χ1n) is 8.04. The Morgan fingerprint density at radius 2 is 2.05 bits per heavy atom. The SMILES string of the molecule is C=Cc1ccc(COCC2COC3(CCCCCO3)O2)cc1. The van der Waals surface area contributed by atoms with Gasteiger partial charge < -0.3 is 18.9 Å². The van der Waals surface area contributed by atoms with Crippen molar-refractivity contribution in [2.75, 3.05) is 19.8 Å². The summed E-state index contributed by atoms with van der Waals surface area (Å²) in [6, 6.07) is 8.18. The van der Waals surface area contributed by atoms with Crippen molar-refractivity contribution >= 4 is 6.08 Å². The molecule has 4 heteroatoms. The minimum Gasteiger partial charge on any atom is -0.374 e. The molecule has 0 amide bonds. The summed E-state index contributed by atoms with van der Waals surface area (Å²) in [5.74, 6) is -0.809. The zero-order valence-corrected chi connectivity index (χ0v) is 13.0. The van der Waals surface area contributed by atoms with Crippen LogP contribution in [0.3, 0.4) is 0 Å². The lowest BCUT2D eigenvalue weighted by molar-refractivity contribution is -0.337. The van der Waals surface area contributed by atoms with Crippen LogP contribution >= 0.6 is 0 Å². The van der Waals surface area contributed by atoms with Gasteiger partial charge in [0.05, 0.1) is 26.4 Å². The van der Waals surface area contributed by atoms with E-state index in [0.717, 1.165) is 30.4 Å². The van der Waals surface area contributed by atoms with Crippen LogP contribution in [-0.4, -0.2) is 31.9 Å². The lowest BCUT2D eigenvalue weighted by Crippen LogP contribution is -2.34. The average Bonchev–Trinajstić information content (AvgIpc) is 2.80. The molecule has 2 aliphatic heterocycles. The maximum Gasteiger partial charge on any atom is 0.283 e. The highest BCUT2D eigenvalue weighted by atomic mass is 16.9. The monoisotopic (exact) mass is 304 g/mol. The van der Waals surface area contributed by atoms with Gasteiger partial charge in [-0.2, -0.15) is 0 Å². The molecule has 2 fully saturated rings. The topological polar surface area (TPSA) is 36.9 Å². The predicted octanol–water partition coefficient (Wildman–Crippen LogP) is 3.51. The van der Waals surface area contributed by atoms with Gasteiger partial charge >= 0.3 is 0 Å². The third-order valence-electron chi connectivity index (χ3n) is 4.07. The van der Waals surface area contributed by atoms with E-state index in [1.54, 1.807) is 0 Å². The van der Waals surface area contributed by atoms with Crippen LogP contribution in [0.1, 0.15) is 36.8 Å². The summed E-state index contributed by atoms with van der Waals surface area (Å²) in [6.07, 6.45) is 5.94. The summed E-state index contributed by atoms with van der Waals surface area (Å²) in [5, 5.41) is 0. The highest BCUT2D eigenvalue weighted by Crippen LogP contribution is 2.33. The number of hydrogen-bond acceptors (Lipinski definition) is 4. The highest BCUT2D eigenvalue weighted by molar-refractivity contribution is 5.47. The van der Waals surface area contributed by atoms with E-state index in [9.17, 15) is 0 Å². The summed E-state index contributed by atoms with van der Waals surface area (Å²) in [7, 11) is 0. The van der Waals surface area contributed by atoms with Crippen molar-refractivity contribution in [2.45, 2.75) is 44.4 Å². The minimum absolute atomic E-state index is 0.0504. The number of benzene rings is 1. The van der Waals surface area contributed by atoms with E-state index >= 15 is 0 Å². The Morgan fingerprint density at radius 1 is 1.18 bits per heavy atom. The lowest BCUT2D eigenvalue weighted by Gasteiger charge is -2.25. The van der Waals surface area contributed by atoms with Crippen LogP contribution in [0.25, 0.3) is 6.08 Å². The first-order valence-corrected chi connectivity index (χ1v) is 8.04. The van der Waals surface area contributed by atoms with Crippen LogP contribution in [0.15, 0.2) is 30.8 Å². The summed E-state index contributed by atoms with van der Waals surface area (Å²) >= 11 is 0. The fourth-order valence-corrected chi connectivity index (χ4v) is 2.81. The maximum atomic E-state index is 5.96. The third kappa shape index (κ3) is 3.96. The van der Waals surface area contributed by atoms with Gasteiger partial charge in [0.1, 0.15) is 6.10 Å². The van der Waals surface area contributed by atoms with E-state index < -0.39 is 5.97 Å². The number of ether oxygens (including phenoxy) is 4. The second kappa shape index (κ2) is 7.38. The molecule has 1 spiro atoms. The Kier molecular flexibility index (Phi) is 5.26. The van der Waals surface area contributed by atoms with E-state index in [4.69, 9.17) is 18.9 Å². The van der Waals surface area contributed by atoms with E-state index in [0.29, 0.717) is 26.4 Å². The predicted molar refractivity (Wildman–Crippen MR) is 84.2 cm³/mol. The molecule has 0 N–H and O–H groups in total. The summed E-state index contributed by atoms with van der Waals surface area (Å²) in [4.78, 5) is 0. The van der Waals surface area contributed by atoms with Gasteiger partial charge in [-0.25, -0.2) is 0 Å². The average molecular weight is 304 g/mol. The van der Waals surface area contributed by atoms with E-state index in [-0.39, 0.29) is 6.10 Å². The molecule has 4 nitrogen and oxygen atoms in total. The summed E-state index contributed by atoms with van der Waals surface area (Å²) in [6.45, 7) is 6.10. The molecule has 2 heterocycles. The van der Waals surface area contributed by atoms with Gasteiger partial charge in [0.2, 0.25) is 0 Å². The second-order valence-electron chi connectivity index (χ2n) is 5.85. The van der Waals surface area contributed by atoms with Crippen molar-refractivity contribution in [2.24, 2.45) is 0 Å². The number of rotatable bonds is 5. The lowest BCUT2D eigenvalue weighted by atomic mass is 10.1. The van der Waals surface area contributed by atoms with Crippen LogP contribution in [0.2, 0.25) is 0 Å². The number of hydrogen-bond donors (Lipinski definition) is 0. The molecule has 2 aliphatic rings. The first-order chi connectivity index (χ1) is 10.8. The van der Waals surface area contributed by atoms with Crippen molar-refractivity contribution < 1.29 is 18.9 Å². The molecule has 120 valence electrons. The van der Waals surface area contributed by atoms with Crippen molar-refractivity contribution in [1.29, 1.82) is 0 Å². The van der Waals surface area contributed by atoms with Gasteiger partial charge in [0.25, 0.3) is 5.97 Å². The van der Waals surface area contributed by atoms with Gasteiger partial charge in [0, 0.05) is 6.42 Å². The molecule has 3 rings (SSSR count). The van der Waals surface area contributed by atoms with Crippen LogP contribution in [0.5, 0.6) is 0 Å². The Bertz CT molecular complexity index is 474. The highest BCUT2D eigenvalue weighted by Gasteiger charge is 2.43. The zero-order chi connectivity index (χ0) is 15.3. The molecule has 2 saturated heterocycles. The molecule has 0 saturated carbocycles. The normalized spacial score (nSPS) is 28.6. The third-order valence-corrected chi connectivity index (χ3v) is 4.07. The van der Waals surface area contributed by atoms with Gasteiger partial charge in [-0.15, -0.1) is 0 Å². The maximum absolute atomic E-state index is 5.96. The fraction of sp³-hybridized carbons (Fsp3) is 0.556. The molecular weight excluding hydrogens is 280 g/mol. The van der Waals surface area contributed by atoms with E-state index in [1.807, 2.05) is 18.2 Å². The zero-order valence-electron chi connectivity index (χ0n) is 13.0. The molecule has 0 bridgehead atoms. The van der Waals surface area contributed by atoms with Crippen molar-refractivity contribution in [3.63, 3.8) is 0 Å². The molecule has 1 aromatic rings. The molecule has 0 aromatic heterocycles. The Morgan fingerprint density at radius 3 is 2.86 bits per heavy atom. The van der Waals surface area contributed by atoms with E-state index in [2.05, 4.69) is 18.7 Å². The molecule has 2 unspecified atom stereocenters. The quantitative estimate of drug-likeness (QED) is 0.834. The van der Waals surface area contributed by atoms with E-state index in [1.165, 1.54) is 6.42 Å². The van der Waals surface area contributed by atoms with Crippen LogP contribution in [-0.2, 0) is 25.6 Å². The standard InChI is InChI=1S/C18H24O4/c1-2-15-6-8-16(9-7-15)12-19-13-17-14-21-18(22-17)10-4-3-5-11-20-18/h2,6-9,17H,1,3-5,10-14H2. The molecule has 2 atom stereocenters. The van der Waals surface area contributed by atoms with Gasteiger partial charge in [0.15, 0.2) is 0 Å². The fourth-order valence-electron chi connectivity index (χ4n) is 2.81. The first kappa shape index (κ1) is 15.7. The van der Waals surface area contributed by atoms with Crippen LogP contribution in [0, 0.1) is 0 Å². The largest absolute Gasteiger partial charge is 0.374 e. The Labute approximate surface area is 132 Å². The summed E-state index contributed by atoms with van der Waals surface area (Å²) in [5.41, 5.74) is 2.26. The molecular formula is C18H24O4. The molecule has 1 aromatic carbocycles. The van der Waals surface area contributed by atoms with Crippen LogP contribution in [0.4, 0.5) is 0 Å². The smallest absolute Gasteiger partial charge is 0.283 e. The second-order valence-corrected chi connectivity index (χ2v) is 5.85. The Balaban J connectivity index is 1.43. The molecule has 0 radical (unpaired) electrons. The van der Waals surface area contributed by atoms with Crippen molar-refractivity contribution in [1.82, 2.24) is 0 Å². The van der Waals surface area contributed by atoms with Gasteiger partial charge in [-0.3, -0.25) is 0 Å². The molecule has 22 heavy (non-hydrogen) atoms. The van der Waals surface area contributed by atoms with Crippen molar-refractivity contribution in [3.05, 3.63) is 42.0 Å². The van der Waals surface area contributed by atoms with Crippen molar-refractivity contribution in [3.8, 4) is 0 Å². The summed E-state index contributed by atoms with van der Waals surface area (Å²) < 4.78 is 23.3. The minimum atomic E-state index is -0.809.